The summed E-state index contributed by atoms with van der Waals surface area (Å²) in [5, 5.41) is 4.12. The van der Waals surface area contributed by atoms with E-state index in [1.807, 2.05) is 36.4 Å². The Kier molecular flexibility index (Phi) is 4.46. The van der Waals surface area contributed by atoms with E-state index in [0.717, 1.165) is 16.8 Å². The van der Waals surface area contributed by atoms with Crippen LogP contribution in [0.1, 0.15) is 17.0 Å². The second kappa shape index (κ2) is 6.51. The topological polar surface area (TPSA) is 41.5 Å². The maximum atomic E-state index is 11.9. The van der Waals surface area contributed by atoms with E-state index in [4.69, 9.17) is 23.2 Å². The molecule has 1 N–H and O–H groups in total. The van der Waals surface area contributed by atoms with Gasteiger partial charge in [-0.1, -0.05) is 47.5 Å². The molecule has 22 heavy (non-hydrogen) atoms. The molecule has 1 atom stereocenters. The summed E-state index contributed by atoms with van der Waals surface area (Å²) in [6, 6.07) is 13.1. The predicted octanol–water partition coefficient (Wildman–Crippen LogP) is 4.34. The van der Waals surface area contributed by atoms with Crippen LogP contribution in [0, 0.1) is 0 Å². The maximum Gasteiger partial charge on any atom is 0.237 e. The molecule has 0 aromatic heterocycles. The number of aliphatic imine (C=N–C) groups is 1. The van der Waals surface area contributed by atoms with Crippen LogP contribution in [0.5, 0.6) is 0 Å². The van der Waals surface area contributed by atoms with Crippen LogP contribution in [0.25, 0.3) is 0 Å². The van der Waals surface area contributed by atoms with Crippen LogP contribution in [-0.4, -0.2) is 18.7 Å². The highest BCUT2D eigenvalue weighted by Crippen LogP contribution is 2.30. The van der Waals surface area contributed by atoms with Gasteiger partial charge in [-0.15, -0.1) is 0 Å². The van der Waals surface area contributed by atoms with Crippen molar-refractivity contribution >= 4 is 41.0 Å². The Morgan fingerprint density at radius 3 is 2.82 bits per heavy atom. The molecule has 2 aromatic carbocycles. The molecule has 0 fully saturated rings. The van der Waals surface area contributed by atoms with Gasteiger partial charge < -0.3 is 5.32 Å². The average molecular weight is 333 g/mol. The standard InChI is InChI=1S/C17H14Cl2N2O/c18-12-6-5-11(15(19)9-12)7-8-20-10-14-13-3-1-2-4-16(13)21-17(14)22/h1-6,9-10,14H,7-8H2,(H,21,22)/t14-/m1/s1. The third kappa shape index (κ3) is 3.16. The highest BCUT2D eigenvalue weighted by molar-refractivity contribution is 6.35. The first-order valence-corrected chi connectivity index (χ1v) is 7.74. The highest BCUT2D eigenvalue weighted by atomic mass is 35.5. The Morgan fingerprint density at radius 2 is 2.00 bits per heavy atom. The fourth-order valence-electron chi connectivity index (χ4n) is 2.47. The van der Waals surface area contributed by atoms with Crippen molar-refractivity contribution in [2.75, 3.05) is 11.9 Å². The molecule has 1 aliphatic rings. The largest absolute Gasteiger partial charge is 0.325 e. The van der Waals surface area contributed by atoms with E-state index >= 15 is 0 Å². The lowest BCUT2D eigenvalue weighted by Crippen LogP contribution is -2.13. The molecule has 5 heteroatoms. The molecule has 0 radical (unpaired) electrons. The number of carbonyl (C=O) groups is 1. The van der Waals surface area contributed by atoms with E-state index in [0.29, 0.717) is 23.0 Å². The van der Waals surface area contributed by atoms with Crippen molar-refractivity contribution in [3.05, 3.63) is 63.6 Å². The number of rotatable bonds is 4. The first kappa shape index (κ1) is 15.1. The number of carbonyl (C=O) groups excluding carboxylic acids is 1. The predicted molar refractivity (Wildman–Crippen MR) is 91.3 cm³/mol. The van der Waals surface area contributed by atoms with E-state index in [1.54, 1.807) is 12.3 Å². The van der Waals surface area contributed by atoms with Gasteiger partial charge in [-0.2, -0.15) is 0 Å². The summed E-state index contributed by atoms with van der Waals surface area (Å²) in [5.41, 5.74) is 2.84. The van der Waals surface area contributed by atoms with E-state index in [-0.39, 0.29) is 11.8 Å². The fourth-order valence-corrected chi connectivity index (χ4v) is 2.97. The third-order valence-corrected chi connectivity index (χ3v) is 4.20. The summed E-state index contributed by atoms with van der Waals surface area (Å²) in [7, 11) is 0. The summed E-state index contributed by atoms with van der Waals surface area (Å²) < 4.78 is 0. The zero-order chi connectivity index (χ0) is 15.5. The van der Waals surface area contributed by atoms with Crippen molar-refractivity contribution in [3.8, 4) is 0 Å². The molecule has 1 heterocycles. The van der Waals surface area contributed by atoms with Gasteiger partial charge in [-0.25, -0.2) is 0 Å². The van der Waals surface area contributed by atoms with Gasteiger partial charge in [-0.05, 0) is 35.7 Å². The number of anilines is 1. The van der Waals surface area contributed by atoms with Crippen molar-refractivity contribution in [1.82, 2.24) is 0 Å². The Hall–Kier alpha value is -1.84. The van der Waals surface area contributed by atoms with Gasteiger partial charge in [-0.3, -0.25) is 9.79 Å². The van der Waals surface area contributed by atoms with Gasteiger partial charge in [0.2, 0.25) is 5.91 Å². The molecule has 0 unspecified atom stereocenters. The molecule has 0 saturated heterocycles. The number of nitrogens with one attached hydrogen (secondary N) is 1. The smallest absolute Gasteiger partial charge is 0.237 e. The Labute approximate surface area is 139 Å². The number of benzene rings is 2. The number of amides is 1. The van der Waals surface area contributed by atoms with E-state index in [2.05, 4.69) is 10.3 Å². The van der Waals surface area contributed by atoms with Crippen molar-refractivity contribution in [2.45, 2.75) is 12.3 Å². The molecule has 0 bridgehead atoms. The summed E-state index contributed by atoms with van der Waals surface area (Å²) in [6.07, 6.45) is 2.42. The van der Waals surface area contributed by atoms with Crippen molar-refractivity contribution in [1.29, 1.82) is 0 Å². The zero-order valence-electron chi connectivity index (χ0n) is 11.7. The Bertz CT molecular complexity index is 743. The lowest BCUT2D eigenvalue weighted by atomic mass is 10.0. The van der Waals surface area contributed by atoms with Crippen molar-refractivity contribution in [3.63, 3.8) is 0 Å². The van der Waals surface area contributed by atoms with Gasteiger partial charge in [0.1, 0.15) is 5.92 Å². The summed E-state index contributed by atoms with van der Waals surface area (Å²) in [6.45, 7) is 0.577. The van der Waals surface area contributed by atoms with Gasteiger partial charge in [0.05, 0.1) is 0 Å². The highest BCUT2D eigenvalue weighted by Gasteiger charge is 2.28. The van der Waals surface area contributed by atoms with Gasteiger partial charge in [0, 0.05) is 28.5 Å². The Balaban J connectivity index is 1.64. The van der Waals surface area contributed by atoms with Crippen LogP contribution in [0.4, 0.5) is 5.69 Å². The van der Waals surface area contributed by atoms with Crippen LogP contribution in [0.15, 0.2) is 47.5 Å². The van der Waals surface area contributed by atoms with Crippen LogP contribution in [-0.2, 0) is 11.2 Å². The number of para-hydroxylation sites is 1. The normalized spacial score (nSPS) is 16.8. The number of hydrogen-bond donors (Lipinski definition) is 1. The molecule has 3 rings (SSSR count). The molecule has 3 nitrogen and oxygen atoms in total. The van der Waals surface area contributed by atoms with Crippen molar-refractivity contribution < 1.29 is 4.79 Å². The minimum absolute atomic E-state index is 0.0329. The fraction of sp³-hybridized carbons (Fsp3) is 0.176. The summed E-state index contributed by atoms with van der Waals surface area (Å²) in [4.78, 5) is 16.3. The number of nitrogens with zero attached hydrogens (tertiary/aromatic N) is 1. The van der Waals surface area contributed by atoms with Gasteiger partial charge >= 0.3 is 0 Å². The lowest BCUT2D eigenvalue weighted by molar-refractivity contribution is -0.115. The molecule has 2 aromatic rings. The zero-order valence-corrected chi connectivity index (χ0v) is 13.2. The second-order valence-corrected chi connectivity index (χ2v) is 5.94. The van der Waals surface area contributed by atoms with Crippen molar-refractivity contribution in [2.24, 2.45) is 4.99 Å². The van der Waals surface area contributed by atoms with E-state index in [1.165, 1.54) is 0 Å². The number of halogens is 2. The second-order valence-electron chi connectivity index (χ2n) is 5.10. The summed E-state index contributed by atoms with van der Waals surface area (Å²) >= 11 is 12.0. The average Bonchev–Trinajstić information content (AvgIpc) is 2.81. The van der Waals surface area contributed by atoms with Crippen LogP contribution >= 0.6 is 23.2 Å². The lowest BCUT2D eigenvalue weighted by Gasteiger charge is -2.04. The SMILES string of the molecule is O=C1Nc2ccccc2[C@H]1C=NCCc1ccc(Cl)cc1Cl. The maximum absolute atomic E-state index is 11.9. The molecule has 112 valence electrons. The third-order valence-electron chi connectivity index (χ3n) is 3.62. The molecule has 1 aliphatic heterocycles. The number of hydrogen-bond acceptors (Lipinski definition) is 2. The monoisotopic (exact) mass is 332 g/mol. The van der Waals surface area contributed by atoms with E-state index in [9.17, 15) is 4.79 Å². The number of fused-ring (bicyclic) bond motifs is 1. The molecule has 0 saturated carbocycles. The molecule has 0 aliphatic carbocycles. The first-order valence-electron chi connectivity index (χ1n) is 6.99. The molecular weight excluding hydrogens is 319 g/mol. The molecular formula is C17H14Cl2N2O. The molecule has 0 spiro atoms. The van der Waals surface area contributed by atoms with Crippen LogP contribution in [0.3, 0.4) is 0 Å². The first-order chi connectivity index (χ1) is 10.6. The minimum Gasteiger partial charge on any atom is -0.325 e. The van der Waals surface area contributed by atoms with Crippen LogP contribution in [0.2, 0.25) is 10.0 Å². The Morgan fingerprint density at radius 1 is 1.18 bits per heavy atom. The summed E-state index contributed by atoms with van der Waals surface area (Å²) in [5.74, 6) is -0.341. The van der Waals surface area contributed by atoms with Crippen LogP contribution < -0.4 is 5.32 Å². The minimum atomic E-state index is -0.308. The quantitative estimate of drug-likeness (QED) is 0.831. The van der Waals surface area contributed by atoms with Gasteiger partial charge in [0.15, 0.2) is 0 Å². The van der Waals surface area contributed by atoms with Gasteiger partial charge in [0.25, 0.3) is 0 Å². The molecule has 1 amide bonds. The van der Waals surface area contributed by atoms with E-state index < -0.39 is 0 Å².